The first-order valence-electron chi connectivity index (χ1n) is 11.9. The fourth-order valence-electron chi connectivity index (χ4n) is 4.87. The summed E-state index contributed by atoms with van der Waals surface area (Å²) in [5.74, 6) is -0.330. The molecule has 2 aliphatic carbocycles. The highest BCUT2D eigenvalue weighted by Gasteiger charge is 2.38. The Morgan fingerprint density at radius 3 is 2.58 bits per heavy atom. The Labute approximate surface area is 204 Å². The van der Waals surface area contributed by atoms with Crippen molar-refractivity contribution in [2.75, 3.05) is 0 Å². The van der Waals surface area contributed by atoms with Crippen molar-refractivity contribution < 1.29 is 14.7 Å². The van der Waals surface area contributed by atoms with E-state index in [4.69, 9.17) is 28.2 Å². The lowest BCUT2D eigenvalue weighted by Crippen LogP contribution is -2.41. The normalized spacial score (nSPS) is 20.1. The number of nitrogens with one attached hydrogen (secondary N) is 1. The predicted octanol–water partition coefficient (Wildman–Crippen LogP) is 6.20. The van der Waals surface area contributed by atoms with Crippen LogP contribution >= 0.6 is 23.2 Å². The summed E-state index contributed by atoms with van der Waals surface area (Å²) in [5.41, 5.74) is 4.11. The molecule has 33 heavy (non-hydrogen) atoms. The number of halogens is 2. The third-order valence-corrected chi connectivity index (χ3v) is 7.49. The SMILES string of the molecule is O=C(NC(CCCCCC1CC1c1ccc2c(n1)CCCC2)C(=O)O)c1c(Cl)cccc1Cl. The molecule has 2 aromatic rings. The van der Waals surface area contributed by atoms with Crippen LogP contribution in [0.4, 0.5) is 0 Å². The molecule has 5 nitrogen and oxygen atoms in total. The van der Waals surface area contributed by atoms with E-state index in [1.54, 1.807) is 18.2 Å². The van der Waals surface area contributed by atoms with Crippen LogP contribution in [0, 0.1) is 5.92 Å². The van der Waals surface area contributed by atoms with Gasteiger partial charge in [0.2, 0.25) is 0 Å². The quantitative estimate of drug-likeness (QED) is 0.389. The van der Waals surface area contributed by atoms with E-state index in [2.05, 4.69) is 17.4 Å². The van der Waals surface area contributed by atoms with Crippen LogP contribution in [0.2, 0.25) is 10.0 Å². The second-order valence-corrected chi connectivity index (χ2v) is 10.1. The molecule has 1 amide bonds. The molecule has 0 aliphatic heterocycles. The Morgan fingerprint density at radius 1 is 1.06 bits per heavy atom. The molecule has 176 valence electrons. The first kappa shape index (κ1) is 24.0. The highest BCUT2D eigenvalue weighted by molar-refractivity contribution is 6.39. The minimum Gasteiger partial charge on any atom is -0.480 e. The van der Waals surface area contributed by atoms with Gasteiger partial charge in [-0.2, -0.15) is 0 Å². The molecule has 1 aromatic carbocycles. The van der Waals surface area contributed by atoms with Crippen LogP contribution in [0.15, 0.2) is 30.3 Å². The number of rotatable bonds is 10. The summed E-state index contributed by atoms with van der Waals surface area (Å²) >= 11 is 12.1. The Balaban J connectivity index is 1.19. The number of nitrogens with zero attached hydrogens (tertiary/aromatic N) is 1. The number of benzene rings is 1. The van der Waals surface area contributed by atoms with Crippen LogP contribution in [-0.2, 0) is 17.6 Å². The van der Waals surface area contributed by atoms with Crippen molar-refractivity contribution in [1.82, 2.24) is 10.3 Å². The summed E-state index contributed by atoms with van der Waals surface area (Å²) in [6.45, 7) is 0. The highest BCUT2D eigenvalue weighted by atomic mass is 35.5. The molecule has 4 rings (SSSR count). The smallest absolute Gasteiger partial charge is 0.326 e. The number of aromatic nitrogens is 1. The summed E-state index contributed by atoms with van der Waals surface area (Å²) in [5, 5.41) is 12.5. The van der Waals surface area contributed by atoms with E-state index in [-0.39, 0.29) is 15.6 Å². The molecule has 1 fully saturated rings. The van der Waals surface area contributed by atoms with E-state index in [0.29, 0.717) is 18.3 Å². The van der Waals surface area contributed by atoms with E-state index >= 15 is 0 Å². The number of aliphatic carboxylic acids is 1. The fourth-order valence-corrected chi connectivity index (χ4v) is 5.44. The van der Waals surface area contributed by atoms with Gasteiger partial charge in [0, 0.05) is 17.3 Å². The summed E-state index contributed by atoms with van der Waals surface area (Å²) in [7, 11) is 0. The van der Waals surface area contributed by atoms with Gasteiger partial charge in [-0.3, -0.25) is 9.78 Å². The number of aryl methyl sites for hydroxylation is 2. The maximum absolute atomic E-state index is 12.5. The van der Waals surface area contributed by atoms with E-state index in [1.165, 1.54) is 42.6 Å². The Kier molecular flexibility index (Phi) is 7.92. The third-order valence-electron chi connectivity index (χ3n) is 6.86. The van der Waals surface area contributed by atoms with Crippen molar-refractivity contribution in [2.45, 2.75) is 76.2 Å². The minimum atomic E-state index is -1.05. The number of unbranched alkanes of at least 4 members (excludes halogenated alkanes) is 2. The molecule has 7 heteroatoms. The zero-order valence-electron chi connectivity index (χ0n) is 18.7. The Bertz CT molecular complexity index is 1010. The summed E-state index contributed by atoms with van der Waals surface area (Å²) in [6, 6.07) is 8.30. The number of carbonyl (C=O) groups excluding carboxylic acids is 1. The van der Waals surface area contributed by atoms with E-state index in [0.717, 1.165) is 32.1 Å². The molecule has 3 atom stereocenters. The molecule has 1 heterocycles. The van der Waals surface area contributed by atoms with Crippen molar-refractivity contribution in [2.24, 2.45) is 5.92 Å². The van der Waals surface area contributed by atoms with Gasteiger partial charge in [-0.1, -0.05) is 54.6 Å². The number of hydrogen-bond donors (Lipinski definition) is 2. The van der Waals surface area contributed by atoms with Crippen molar-refractivity contribution in [3.8, 4) is 0 Å². The second-order valence-electron chi connectivity index (χ2n) is 9.25. The maximum atomic E-state index is 12.5. The van der Waals surface area contributed by atoms with Crippen LogP contribution in [-0.4, -0.2) is 28.0 Å². The van der Waals surface area contributed by atoms with Gasteiger partial charge in [0.15, 0.2) is 0 Å². The molecule has 0 bridgehead atoms. The van der Waals surface area contributed by atoms with Crippen LogP contribution in [0.1, 0.15) is 84.6 Å². The maximum Gasteiger partial charge on any atom is 0.326 e. The fraction of sp³-hybridized carbons (Fsp3) is 0.500. The summed E-state index contributed by atoms with van der Waals surface area (Å²) in [4.78, 5) is 29.1. The number of carboxylic acids is 1. The third kappa shape index (κ3) is 6.07. The van der Waals surface area contributed by atoms with Crippen LogP contribution in [0.3, 0.4) is 0 Å². The van der Waals surface area contributed by atoms with Gasteiger partial charge in [-0.25, -0.2) is 4.79 Å². The number of carbonyl (C=O) groups is 2. The first-order valence-corrected chi connectivity index (χ1v) is 12.7. The molecular formula is C26H30Cl2N2O3. The van der Waals surface area contributed by atoms with Crippen molar-refractivity contribution in [3.63, 3.8) is 0 Å². The lowest BCUT2D eigenvalue weighted by atomic mass is 9.95. The zero-order valence-corrected chi connectivity index (χ0v) is 20.2. The Morgan fingerprint density at radius 2 is 1.82 bits per heavy atom. The Hall–Kier alpha value is -2.11. The lowest BCUT2D eigenvalue weighted by molar-refractivity contribution is -0.139. The average molecular weight is 489 g/mol. The number of amides is 1. The molecule has 0 radical (unpaired) electrons. The van der Waals surface area contributed by atoms with Gasteiger partial charge in [0.05, 0.1) is 15.6 Å². The van der Waals surface area contributed by atoms with Gasteiger partial charge in [-0.05, 0) is 74.6 Å². The van der Waals surface area contributed by atoms with E-state index < -0.39 is 17.9 Å². The van der Waals surface area contributed by atoms with Gasteiger partial charge >= 0.3 is 5.97 Å². The summed E-state index contributed by atoms with van der Waals surface area (Å²) in [6.07, 6.45) is 10.3. The van der Waals surface area contributed by atoms with Gasteiger partial charge in [0.1, 0.15) is 6.04 Å². The second kappa shape index (κ2) is 10.9. The van der Waals surface area contributed by atoms with Gasteiger partial charge < -0.3 is 10.4 Å². The van der Waals surface area contributed by atoms with Crippen LogP contribution in [0.5, 0.6) is 0 Å². The van der Waals surface area contributed by atoms with E-state index in [1.807, 2.05) is 0 Å². The number of pyridine rings is 1. The van der Waals surface area contributed by atoms with Crippen LogP contribution < -0.4 is 5.32 Å². The first-order chi connectivity index (χ1) is 15.9. The highest BCUT2D eigenvalue weighted by Crippen LogP contribution is 2.50. The molecule has 2 N–H and O–H groups in total. The molecule has 0 saturated heterocycles. The molecule has 0 spiro atoms. The molecule has 3 unspecified atom stereocenters. The number of fused-ring (bicyclic) bond motifs is 1. The zero-order chi connectivity index (χ0) is 23.4. The summed E-state index contributed by atoms with van der Waals surface area (Å²) < 4.78 is 0. The van der Waals surface area contributed by atoms with Crippen molar-refractivity contribution in [1.29, 1.82) is 0 Å². The largest absolute Gasteiger partial charge is 0.480 e. The predicted molar refractivity (Wildman–Crippen MR) is 130 cm³/mol. The lowest BCUT2D eigenvalue weighted by Gasteiger charge is -2.16. The number of carboxylic acid groups (broad SMARTS) is 1. The van der Waals surface area contributed by atoms with Crippen molar-refractivity contribution >= 4 is 35.1 Å². The van der Waals surface area contributed by atoms with Gasteiger partial charge in [-0.15, -0.1) is 0 Å². The molecule has 1 saturated carbocycles. The molecule has 1 aromatic heterocycles. The number of hydrogen-bond acceptors (Lipinski definition) is 3. The average Bonchev–Trinajstić information content (AvgIpc) is 3.57. The monoisotopic (exact) mass is 488 g/mol. The standard InChI is InChI=1S/C26H30Cl2N2O3/c27-19-9-6-10-20(28)24(19)25(31)30-23(26(32)33)12-3-1-2-8-17-15-18(17)22-14-13-16-7-4-5-11-21(16)29-22/h6,9-10,13-14,17-18,23H,1-5,7-8,11-12,15H2,(H,30,31)(H,32,33). The minimum absolute atomic E-state index is 0.114. The molecular weight excluding hydrogens is 459 g/mol. The van der Waals surface area contributed by atoms with Crippen LogP contribution in [0.25, 0.3) is 0 Å². The molecule has 2 aliphatic rings. The van der Waals surface area contributed by atoms with Gasteiger partial charge in [0.25, 0.3) is 5.91 Å². The van der Waals surface area contributed by atoms with E-state index in [9.17, 15) is 14.7 Å². The van der Waals surface area contributed by atoms with Crippen molar-refractivity contribution in [3.05, 3.63) is 62.9 Å². The topological polar surface area (TPSA) is 79.3 Å².